The van der Waals surface area contributed by atoms with Crippen molar-refractivity contribution in [1.82, 2.24) is 0 Å². The first kappa shape index (κ1) is 13.8. The van der Waals surface area contributed by atoms with Gasteiger partial charge in [0.15, 0.2) is 0 Å². The molecule has 1 aromatic rings. The van der Waals surface area contributed by atoms with Gasteiger partial charge < -0.3 is 5.73 Å². The summed E-state index contributed by atoms with van der Waals surface area (Å²) >= 11 is 9.06. The minimum Gasteiger partial charge on any atom is -0.330 e. The fraction of sp³-hybridized carbons (Fsp3) is 0.333. The first-order chi connectivity index (χ1) is 7.46. The average Bonchev–Trinajstić information content (AvgIpc) is 2.22. The van der Waals surface area contributed by atoms with Crippen molar-refractivity contribution < 1.29 is 8.42 Å². The lowest BCUT2D eigenvalue weighted by Crippen LogP contribution is -2.19. The summed E-state index contributed by atoms with van der Waals surface area (Å²) in [6, 6.07) is 4.98. The summed E-state index contributed by atoms with van der Waals surface area (Å²) in [6.07, 6.45) is 0.424. The van der Waals surface area contributed by atoms with Crippen LogP contribution in [0.25, 0.3) is 0 Å². The fourth-order valence-corrected chi connectivity index (χ4v) is 2.90. The summed E-state index contributed by atoms with van der Waals surface area (Å²) in [5, 5.41) is 0.457. The lowest BCUT2D eigenvalue weighted by molar-refractivity contribution is 0.598. The number of hydrogen-bond acceptors (Lipinski definition) is 3. The molecule has 1 rings (SSSR count). The van der Waals surface area contributed by atoms with Gasteiger partial charge in [-0.25, -0.2) is 8.42 Å². The van der Waals surface area contributed by atoms with Crippen molar-refractivity contribution in [3.05, 3.63) is 27.7 Å². The maximum Gasteiger partial charge on any atom is 0.232 e. The topological polar surface area (TPSA) is 72.2 Å². The van der Waals surface area contributed by atoms with Gasteiger partial charge >= 0.3 is 0 Å². The van der Waals surface area contributed by atoms with Gasteiger partial charge in [-0.1, -0.05) is 17.7 Å². The monoisotopic (exact) mass is 326 g/mol. The third-order valence-corrected chi connectivity index (χ3v) is 4.59. The lowest BCUT2D eigenvalue weighted by atomic mass is 10.3. The molecule has 7 heteroatoms. The van der Waals surface area contributed by atoms with E-state index in [0.717, 1.165) is 0 Å². The molecule has 16 heavy (non-hydrogen) atoms. The zero-order valence-electron chi connectivity index (χ0n) is 8.41. The van der Waals surface area contributed by atoms with Crippen molar-refractivity contribution in [2.45, 2.75) is 6.42 Å². The standard InChI is InChI=1S/C9H12BrClN2O2S/c10-9-7(11)3-1-4-8(9)13-16(14,15)6-2-5-12/h1,3-4,13H,2,5-6,12H2. The molecular formula is C9H12BrClN2O2S. The zero-order valence-corrected chi connectivity index (χ0v) is 11.6. The molecule has 0 heterocycles. The second-order valence-electron chi connectivity index (χ2n) is 3.16. The van der Waals surface area contributed by atoms with E-state index in [-0.39, 0.29) is 5.75 Å². The highest BCUT2D eigenvalue weighted by molar-refractivity contribution is 9.10. The highest BCUT2D eigenvalue weighted by Crippen LogP contribution is 2.30. The van der Waals surface area contributed by atoms with Crippen LogP contribution in [0, 0.1) is 0 Å². The molecule has 0 aliphatic carbocycles. The highest BCUT2D eigenvalue weighted by atomic mass is 79.9. The third kappa shape index (κ3) is 3.93. The largest absolute Gasteiger partial charge is 0.330 e. The molecule has 0 spiro atoms. The van der Waals surface area contributed by atoms with Gasteiger partial charge in [0.25, 0.3) is 0 Å². The van der Waals surface area contributed by atoms with Crippen molar-refractivity contribution in [2.24, 2.45) is 5.73 Å². The Labute approximate surface area is 108 Å². The predicted octanol–water partition coefficient (Wildman–Crippen LogP) is 2.19. The molecule has 1 aromatic carbocycles. The summed E-state index contributed by atoms with van der Waals surface area (Å²) in [5.41, 5.74) is 5.70. The summed E-state index contributed by atoms with van der Waals surface area (Å²) < 4.78 is 26.2. The number of nitrogens with one attached hydrogen (secondary N) is 1. The number of sulfonamides is 1. The Balaban J connectivity index is 2.84. The van der Waals surface area contributed by atoms with Gasteiger partial charge in [0, 0.05) is 0 Å². The van der Waals surface area contributed by atoms with E-state index in [0.29, 0.717) is 28.1 Å². The van der Waals surface area contributed by atoms with Gasteiger partial charge in [-0.05, 0) is 41.0 Å². The molecule has 0 radical (unpaired) electrons. The van der Waals surface area contributed by atoms with E-state index in [9.17, 15) is 8.42 Å². The van der Waals surface area contributed by atoms with Crippen molar-refractivity contribution in [1.29, 1.82) is 0 Å². The molecule has 0 aliphatic rings. The van der Waals surface area contributed by atoms with Gasteiger partial charge in [-0.3, -0.25) is 4.72 Å². The molecule has 0 aliphatic heterocycles. The van der Waals surface area contributed by atoms with Gasteiger partial charge in [-0.15, -0.1) is 0 Å². The molecule has 0 saturated carbocycles. The van der Waals surface area contributed by atoms with E-state index in [1.54, 1.807) is 18.2 Å². The van der Waals surface area contributed by atoms with Gasteiger partial charge in [0.1, 0.15) is 0 Å². The smallest absolute Gasteiger partial charge is 0.232 e. The van der Waals surface area contributed by atoms with E-state index in [2.05, 4.69) is 20.7 Å². The molecule has 0 bridgehead atoms. The van der Waals surface area contributed by atoms with Crippen LogP contribution >= 0.6 is 27.5 Å². The molecule has 0 aromatic heterocycles. The second kappa shape index (κ2) is 5.86. The van der Waals surface area contributed by atoms with Crippen LogP contribution in [0.3, 0.4) is 0 Å². The van der Waals surface area contributed by atoms with E-state index in [1.165, 1.54) is 0 Å². The van der Waals surface area contributed by atoms with Crippen LogP contribution in [-0.2, 0) is 10.0 Å². The molecule has 4 nitrogen and oxygen atoms in total. The summed E-state index contributed by atoms with van der Waals surface area (Å²) in [4.78, 5) is 0. The molecule has 0 atom stereocenters. The molecule has 0 fully saturated rings. The van der Waals surface area contributed by atoms with E-state index >= 15 is 0 Å². The van der Waals surface area contributed by atoms with Crippen LogP contribution in [-0.4, -0.2) is 20.7 Å². The average molecular weight is 328 g/mol. The van der Waals surface area contributed by atoms with E-state index in [4.69, 9.17) is 17.3 Å². The molecule has 0 amide bonds. The molecule has 3 N–H and O–H groups in total. The normalized spacial score (nSPS) is 11.4. The van der Waals surface area contributed by atoms with Gasteiger partial charge in [-0.2, -0.15) is 0 Å². The van der Waals surface area contributed by atoms with Crippen LogP contribution in [0.4, 0.5) is 5.69 Å². The Morgan fingerprint density at radius 1 is 1.44 bits per heavy atom. The van der Waals surface area contributed by atoms with Crippen LogP contribution < -0.4 is 10.5 Å². The minimum absolute atomic E-state index is 0.00243. The Bertz CT molecular complexity index is 465. The lowest BCUT2D eigenvalue weighted by Gasteiger charge is -2.09. The maximum atomic E-state index is 11.6. The van der Waals surface area contributed by atoms with E-state index in [1.807, 2.05) is 0 Å². The summed E-state index contributed by atoms with van der Waals surface area (Å²) in [6.45, 7) is 0.345. The Kier molecular flexibility index (Phi) is 5.04. The molecule has 90 valence electrons. The Morgan fingerprint density at radius 2 is 2.12 bits per heavy atom. The van der Waals surface area contributed by atoms with Gasteiger partial charge in [0.05, 0.1) is 20.9 Å². The quantitative estimate of drug-likeness (QED) is 0.871. The maximum absolute atomic E-state index is 11.6. The number of halogens is 2. The summed E-state index contributed by atoms with van der Waals surface area (Å²) in [7, 11) is -3.35. The summed E-state index contributed by atoms with van der Waals surface area (Å²) in [5.74, 6) is 0.00243. The third-order valence-electron chi connectivity index (χ3n) is 1.83. The molecule has 0 saturated heterocycles. The van der Waals surface area contributed by atoms with Crippen LogP contribution in [0.1, 0.15) is 6.42 Å². The Morgan fingerprint density at radius 3 is 2.75 bits per heavy atom. The van der Waals surface area contributed by atoms with Crippen LogP contribution in [0.5, 0.6) is 0 Å². The van der Waals surface area contributed by atoms with E-state index < -0.39 is 10.0 Å². The second-order valence-corrected chi connectivity index (χ2v) is 6.21. The van der Waals surface area contributed by atoms with Crippen LogP contribution in [0.2, 0.25) is 5.02 Å². The number of nitrogens with two attached hydrogens (primary N) is 1. The first-order valence-corrected chi connectivity index (χ1v) is 7.43. The van der Waals surface area contributed by atoms with Crippen molar-refractivity contribution in [3.63, 3.8) is 0 Å². The minimum atomic E-state index is -3.35. The van der Waals surface area contributed by atoms with Crippen molar-refractivity contribution >= 4 is 43.2 Å². The molecular weight excluding hydrogens is 316 g/mol. The van der Waals surface area contributed by atoms with Gasteiger partial charge in [0.2, 0.25) is 10.0 Å². The SMILES string of the molecule is NCCCS(=O)(=O)Nc1cccc(Cl)c1Br. The number of anilines is 1. The predicted molar refractivity (Wildman–Crippen MR) is 70.2 cm³/mol. The highest BCUT2D eigenvalue weighted by Gasteiger charge is 2.12. The number of benzene rings is 1. The first-order valence-electron chi connectivity index (χ1n) is 4.61. The zero-order chi connectivity index (χ0) is 12.2. The van der Waals surface area contributed by atoms with Crippen molar-refractivity contribution in [2.75, 3.05) is 17.0 Å². The van der Waals surface area contributed by atoms with Crippen LogP contribution in [0.15, 0.2) is 22.7 Å². The number of hydrogen-bond donors (Lipinski definition) is 2. The number of rotatable bonds is 5. The molecule has 0 unspecified atom stereocenters. The fourth-order valence-electron chi connectivity index (χ4n) is 1.07. The Hall–Kier alpha value is -0.300. The van der Waals surface area contributed by atoms with Crippen molar-refractivity contribution in [3.8, 4) is 0 Å².